The van der Waals surface area contributed by atoms with Crippen molar-refractivity contribution in [3.8, 4) is 24.7 Å². The fraction of sp³-hybridized carbons (Fsp3) is 0.300. The van der Waals surface area contributed by atoms with Gasteiger partial charge in [0.25, 0.3) is 0 Å². The molecule has 0 aliphatic heterocycles. The second-order valence-electron chi connectivity index (χ2n) is 2.94. The van der Waals surface area contributed by atoms with Gasteiger partial charge in [0.05, 0.1) is 11.4 Å². The van der Waals surface area contributed by atoms with Gasteiger partial charge in [-0.05, 0) is 0 Å². The minimum atomic E-state index is -4.80. The predicted molar refractivity (Wildman–Crippen MR) is 56.2 cm³/mol. The number of nitrogens with zero attached hydrogens (tertiary/aromatic N) is 1. The van der Waals surface area contributed by atoms with E-state index in [4.69, 9.17) is 12.8 Å². The molecule has 0 saturated carbocycles. The number of hydrogen-bond acceptors (Lipinski definition) is 3. The van der Waals surface area contributed by atoms with E-state index in [1.807, 2.05) is 5.92 Å². The van der Waals surface area contributed by atoms with Gasteiger partial charge in [0.15, 0.2) is 6.10 Å². The van der Waals surface area contributed by atoms with E-state index in [0.717, 1.165) is 0 Å². The molecule has 0 fully saturated rings. The van der Waals surface area contributed by atoms with Gasteiger partial charge in [0.1, 0.15) is 5.69 Å². The van der Waals surface area contributed by atoms with Crippen LogP contribution in [0.2, 0.25) is 0 Å². The van der Waals surface area contributed by atoms with E-state index in [2.05, 4.69) is 0 Å². The van der Waals surface area contributed by atoms with Gasteiger partial charge >= 0.3 is 11.0 Å². The maximum atomic E-state index is 12.7. The third kappa shape index (κ3) is 2.52. The third-order valence-electron chi connectivity index (χ3n) is 1.85. The molecule has 0 radical (unpaired) electrons. The summed E-state index contributed by atoms with van der Waals surface area (Å²) in [5.41, 5.74) is -1.28. The summed E-state index contributed by atoms with van der Waals surface area (Å²) in [6.45, 7) is -0.526. The van der Waals surface area contributed by atoms with E-state index >= 15 is 0 Å². The lowest BCUT2D eigenvalue weighted by Crippen LogP contribution is -2.22. The van der Waals surface area contributed by atoms with Crippen LogP contribution >= 0.6 is 11.3 Å². The average Bonchev–Trinajstić information content (AvgIpc) is 2.55. The first-order valence-corrected chi connectivity index (χ1v) is 5.03. The number of terminal acetylenes is 2. The Labute approximate surface area is 98.5 Å². The lowest BCUT2D eigenvalue weighted by molar-refractivity contribution is -0.144. The molecule has 0 aliphatic rings. The highest BCUT2D eigenvalue weighted by Crippen LogP contribution is 2.35. The quantitative estimate of drug-likeness (QED) is 0.814. The number of alkyl halides is 3. The van der Waals surface area contributed by atoms with Crippen LogP contribution in [0.25, 0.3) is 0 Å². The van der Waals surface area contributed by atoms with Crippen LogP contribution in [0.4, 0.5) is 13.2 Å². The summed E-state index contributed by atoms with van der Waals surface area (Å²) < 4.78 is 38.6. The highest BCUT2D eigenvalue weighted by Gasteiger charge is 2.40. The minimum absolute atomic E-state index is 0.240. The highest BCUT2D eigenvalue weighted by molar-refractivity contribution is 7.09. The predicted octanol–water partition coefficient (Wildman–Crippen LogP) is 1.23. The first kappa shape index (κ1) is 13.4. The molecule has 1 aromatic rings. The molecule has 0 saturated heterocycles. The number of aromatic nitrogens is 1. The summed E-state index contributed by atoms with van der Waals surface area (Å²) in [7, 11) is 0. The van der Waals surface area contributed by atoms with Gasteiger partial charge in [-0.3, -0.25) is 9.36 Å². The summed E-state index contributed by atoms with van der Waals surface area (Å²) in [5, 5.41) is 9.25. The average molecular weight is 261 g/mol. The van der Waals surface area contributed by atoms with Crippen molar-refractivity contribution in [1.29, 1.82) is 0 Å². The molecular formula is C10H6F3NO2S. The molecule has 90 valence electrons. The van der Waals surface area contributed by atoms with E-state index in [1.165, 1.54) is 0 Å². The summed E-state index contributed by atoms with van der Waals surface area (Å²) in [4.78, 5) is 9.81. The first-order chi connectivity index (χ1) is 7.82. The minimum Gasteiger partial charge on any atom is -0.375 e. The second-order valence-corrected chi connectivity index (χ2v) is 3.93. The Balaban J connectivity index is 3.55. The summed E-state index contributed by atoms with van der Waals surface area (Å²) in [6.07, 6.45) is 3.14. The molecule has 7 heteroatoms. The van der Waals surface area contributed by atoms with Crippen molar-refractivity contribution in [2.24, 2.45) is 0 Å². The Bertz CT molecular complexity index is 556. The van der Waals surface area contributed by atoms with E-state index in [-0.39, 0.29) is 11.3 Å². The van der Waals surface area contributed by atoms with Crippen LogP contribution < -0.4 is 4.87 Å². The molecule has 1 heterocycles. The Hall–Kier alpha value is -1.70. The normalized spacial score (nSPS) is 12.8. The lowest BCUT2D eigenvalue weighted by Gasteiger charge is -2.11. The van der Waals surface area contributed by atoms with Crippen LogP contribution in [-0.4, -0.2) is 9.67 Å². The van der Waals surface area contributed by atoms with E-state index in [0.29, 0.717) is 4.57 Å². The monoisotopic (exact) mass is 261 g/mol. The molecule has 1 aromatic heterocycles. The number of halogens is 3. The molecule has 0 amide bonds. The molecule has 0 aromatic carbocycles. The van der Waals surface area contributed by atoms with Crippen LogP contribution in [0.5, 0.6) is 0 Å². The zero-order chi connectivity index (χ0) is 13.2. The number of aliphatic hydroxyl groups is 1. The van der Waals surface area contributed by atoms with Crippen molar-refractivity contribution in [2.45, 2.75) is 18.8 Å². The fourth-order valence-electron chi connectivity index (χ4n) is 1.21. The Kier molecular flexibility index (Phi) is 3.66. The van der Waals surface area contributed by atoms with Gasteiger partial charge in [-0.25, -0.2) is 0 Å². The summed E-state index contributed by atoms with van der Waals surface area (Å²) in [6, 6.07) is 0. The summed E-state index contributed by atoms with van der Waals surface area (Å²) >= 11 is 0.240. The van der Waals surface area contributed by atoms with E-state index in [1.54, 1.807) is 5.92 Å². The zero-order valence-corrected chi connectivity index (χ0v) is 9.10. The molecule has 3 nitrogen and oxygen atoms in total. The third-order valence-corrected chi connectivity index (χ3v) is 2.88. The van der Waals surface area contributed by atoms with E-state index < -0.39 is 34.3 Å². The number of hydrogen-bond donors (Lipinski definition) is 1. The van der Waals surface area contributed by atoms with Crippen molar-refractivity contribution in [3.05, 3.63) is 20.2 Å². The van der Waals surface area contributed by atoms with Gasteiger partial charge < -0.3 is 5.11 Å². The highest BCUT2D eigenvalue weighted by atomic mass is 32.1. The maximum absolute atomic E-state index is 12.7. The van der Waals surface area contributed by atoms with Crippen LogP contribution in [0.1, 0.15) is 16.7 Å². The SMILES string of the molecule is C#CCn1c(C(F)(F)F)c(C(O)C#C)sc1=O. The van der Waals surface area contributed by atoms with Crippen LogP contribution in [0, 0.1) is 24.7 Å². The molecule has 0 spiro atoms. The Morgan fingerprint density at radius 3 is 2.47 bits per heavy atom. The van der Waals surface area contributed by atoms with Gasteiger partial charge in [0.2, 0.25) is 0 Å². The molecule has 1 rings (SSSR count). The van der Waals surface area contributed by atoms with Crippen molar-refractivity contribution >= 4 is 11.3 Å². The van der Waals surface area contributed by atoms with Gasteiger partial charge in [0, 0.05) is 0 Å². The number of thiazole rings is 1. The van der Waals surface area contributed by atoms with Gasteiger partial charge in [-0.15, -0.1) is 12.8 Å². The Morgan fingerprint density at radius 2 is 2.06 bits per heavy atom. The topological polar surface area (TPSA) is 42.2 Å². The first-order valence-electron chi connectivity index (χ1n) is 4.21. The van der Waals surface area contributed by atoms with Crippen LogP contribution in [0.3, 0.4) is 0 Å². The van der Waals surface area contributed by atoms with Gasteiger partial charge in [-0.2, -0.15) is 13.2 Å². The molecular weight excluding hydrogens is 255 g/mol. The second kappa shape index (κ2) is 4.66. The number of rotatable bonds is 2. The summed E-state index contributed by atoms with van der Waals surface area (Å²) in [5.74, 6) is 3.68. The fourth-order valence-corrected chi connectivity index (χ4v) is 2.17. The largest absolute Gasteiger partial charge is 0.432 e. The molecule has 1 atom stereocenters. The van der Waals surface area contributed by atoms with Crippen molar-refractivity contribution < 1.29 is 18.3 Å². The van der Waals surface area contributed by atoms with E-state index in [9.17, 15) is 23.1 Å². The van der Waals surface area contributed by atoms with Gasteiger partial charge in [-0.1, -0.05) is 23.2 Å². The van der Waals surface area contributed by atoms with Crippen LogP contribution in [-0.2, 0) is 12.7 Å². The van der Waals surface area contributed by atoms with Crippen molar-refractivity contribution in [1.82, 2.24) is 4.57 Å². The molecule has 1 unspecified atom stereocenters. The standard InChI is InChI=1S/C10H6F3NO2S/c1-3-5-14-8(10(11,12)13)7(6(15)4-2)17-9(14)16/h1-2,6,15H,5H2. The molecule has 17 heavy (non-hydrogen) atoms. The maximum Gasteiger partial charge on any atom is 0.432 e. The van der Waals surface area contributed by atoms with Crippen molar-refractivity contribution in [3.63, 3.8) is 0 Å². The molecule has 0 bridgehead atoms. The lowest BCUT2D eigenvalue weighted by atomic mass is 10.2. The molecule has 1 N–H and O–H groups in total. The zero-order valence-electron chi connectivity index (χ0n) is 8.28. The molecule has 0 aliphatic carbocycles. The Morgan fingerprint density at radius 1 is 1.47 bits per heavy atom. The van der Waals surface area contributed by atoms with Crippen molar-refractivity contribution in [2.75, 3.05) is 0 Å². The smallest absolute Gasteiger partial charge is 0.375 e. The van der Waals surface area contributed by atoms with Crippen LogP contribution in [0.15, 0.2) is 4.79 Å². The number of aliphatic hydroxyl groups excluding tert-OH is 1.